The smallest absolute Gasteiger partial charge is 0.335 e. The zero-order chi connectivity index (χ0) is 22.3. The highest BCUT2D eigenvalue weighted by Crippen LogP contribution is 2.43. The Kier molecular flexibility index (Phi) is 6.41. The van der Waals surface area contributed by atoms with Crippen molar-refractivity contribution in [2.45, 2.75) is 75.8 Å². The van der Waals surface area contributed by atoms with Gasteiger partial charge in [0, 0.05) is 11.6 Å². The molecular formula is C22H31NO8. The van der Waals surface area contributed by atoms with Crippen molar-refractivity contribution in [2.75, 3.05) is 13.1 Å². The summed E-state index contributed by atoms with van der Waals surface area (Å²) in [6, 6.07) is 3.84. The molecule has 0 spiro atoms. The number of aromatic hydroxyl groups is 1. The standard InChI is InChI=1S/C22H31NO8/c1-2-7-23-8-3-4-12-9-13-11(10-14(12)23)5-6-15(24)19(13)30-22-18(27)16(25)17(26)20(31-22)21(28)29/h5-6,12,14,16-18,20,22,24-27H,2-4,7-10H2,1H3,(H,28,29)/t12-,14-,16+,17+,18-,20+,22?/m1/s1. The minimum Gasteiger partial charge on any atom is -0.504 e. The third-order valence-electron chi connectivity index (χ3n) is 6.82. The highest BCUT2D eigenvalue weighted by molar-refractivity contribution is 5.73. The number of ether oxygens (including phenoxy) is 2. The van der Waals surface area contributed by atoms with Gasteiger partial charge >= 0.3 is 5.97 Å². The minimum atomic E-state index is -1.79. The van der Waals surface area contributed by atoms with Crippen LogP contribution in [-0.4, -0.2) is 86.2 Å². The van der Waals surface area contributed by atoms with Gasteiger partial charge in [-0.3, -0.25) is 4.90 Å². The van der Waals surface area contributed by atoms with Crippen LogP contribution in [0.5, 0.6) is 11.5 Å². The lowest BCUT2D eigenvalue weighted by Crippen LogP contribution is -2.61. The van der Waals surface area contributed by atoms with Gasteiger partial charge in [-0.2, -0.15) is 0 Å². The van der Waals surface area contributed by atoms with E-state index < -0.39 is 36.7 Å². The molecule has 31 heavy (non-hydrogen) atoms. The van der Waals surface area contributed by atoms with Gasteiger partial charge in [0.15, 0.2) is 17.6 Å². The maximum absolute atomic E-state index is 11.4. The van der Waals surface area contributed by atoms with Gasteiger partial charge in [-0.25, -0.2) is 4.79 Å². The summed E-state index contributed by atoms with van der Waals surface area (Å²) >= 11 is 0. The number of rotatable bonds is 5. The van der Waals surface area contributed by atoms with E-state index in [1.807, 2.05) is 6.07 Å². The molecule has 0 bridgehead atoms. The molecule has 0 radical (unpaired) electrons. The Morgan fingerprint density at radius 3 is 2.68 bits per heavy atom. The molecular weight excluding hydrogens is 406 g/mol. The highest BCUT2D eigenvalue weighted by Gasteiger charge is 2.48. The van der Waals surface area contributed by atoms with Crippen LogP contribution in [0.1, 0.15) is 37.3 Å². The van der Waals surface area contributed by atoms with Gasteiger partial charge in [0.05, 0.1) is 0 Å². The van der Waals surface area contributed by atoms with E-state index in [1.165, 1.54) is 6.07 Å². The van der Waals surface area contributed by atoms with Crippen LogP contribution < -0.4 is 4.74 Å². The summed E-state index contributed by atoms with van der Waals surface area (Å²) in [5.41, 5.74) is 1.86. The summed E-state index contributed by atoms with van der Waals surface area (Å²) < 4.78 is 11.0. The lowest BCUT2D eigenvalue weighted by molar-refractivity contribution is -0.271. The monoisotopic (exact) mass is 437 g/mol. The van der Waals surface area contributed by atoms with Crippen molar-refractivity contribution in [2.24, 2.45) is 5.92 Å². The number of nitrogens with zero attached hydrogens (tertiary/aromatic N) is 1. The second kappa shape index (κ2) is 8.91. The van der Waals surface area contributed by atoms with E-state index in [0.717, 1.165) is 49.9 Å². The number of aliphatic carboxylic acids is 1. The van der Waals surface area contributed by atoms with E-state index >= 15 is 0 Å². The van der Waals surface area contributed by atoms with Crippen molar-refractivity contribution in [1.82, 2.24) is 4.90 Å². The summed E-state index contributed by atoms with van der Waals surface area (Å²) in [5, 5.41) is 50.0. The molecule has 0 saturated carbocycles. The van der Waals surface area contributed by atoms with Crippen LogP contribution in [0.15, 0.2) is 12.1 Å². The molecule has 2 fully saturated rings. The summed E-state index contributed by atoms with van der Waals surface area (Å²) in [6.45, 7) is 4.32. The molecule has 2 heterocycles. The third kappa shape index (κ3) is 4.12. The number of aliphatic hydroxyl groups excluding tert-OH is 3. The Morgan fingerprint density at radius 2 is 1.97 bits per heavy atom. The van der Waals surface area contributed by atoms with Crippen LogP contribution in [0.3, 0.4) is 0 Å². The molecule has 0 aromatic heterocycles. The van der Waals surface area contributed by atoms with Crippen molar-refractivity contribution in [3.8, 4) is 11.5 Å². The Bertz CT molecular complexity index is 815. The second-order valence-corrected chi connectivity index (χ2v) is 8.82. The number of hydrogen-bond acceptors (Lipinski definition) is 8. The van der Waals surface area contributed by atoms with Crippen LogP contribution in [0.2, 0.25) is 0 Å². The van der Waals surface area contributed by atoms with Crippen LogP contribution in [-0.2, 0) is 22.4 Å². The van der Waals surface area contributed by atoms with Crippen molar-refractivity contribution >= 4 is 5.97 Å². The van der Waals surface area contributed by atoms with Crippen LogP contribution in [0.25, 0.3) is 0 Å². The molecule has 172 valence electrons. The molecule has 5 N–H and O–H groups in total. The first-order valence-corrected chi connectivity index (χ1v) is 11.0. The zero-order valence-electron chi connectivity index (χ0n) is 17.6. The Balaban J connectivity index is 1.61. The fourth-order valence-corrected chi connectivity index (χ4v) is 5.27. The summed E-state index contributed by atoms with van der Waals surface area (Å²) in [6.07, 6.45) is -3.72. The number of carboxylic acids is 1. The van der Waals surface area contributed by atoms with E-state index in [2.05, 4.69) is 11.8 Å². The molecule has 4 rings (SSSR count). The molecule has 9 nitrogen and oxygen atoms in total. The maximum atomic E-state index is 11.4. The van der Waals surface area contributed by atoms with E-state index in [4.69, 9.17) is 9.47 Å². The summed E-state index contributed by atoms with van der Waals surface area (Å²) in [4.78, 5) is 13.9. The Labute approximate surface area is 180 Å². The van der Waals surface area contributed by atoms with Crippen molar-refractivity contribution in [3.05, 3.63) is 23.3 Å². The van der Waals surface area contributed by atoms with Gasteiger partial charge in [-0.05, 0) is 62.7 Å². The Hall–Kier alpha value is -1.91. The van der Waals surface area contributed by atoms with Crippen molar-refractivity contribution in [1.29, 1.82) is 0 Å². The fraction of sp³-hybridized carbons (Fsp3) is 0.682. The van der Waals surface area contributed by atoms with Crippen molar-refractivity contribution in [3.63, 3.8) is 0 Å². The lowest BCUT2D eigenvalue weighted by atomic mass is 9.75. The van der Waals surface area contributed by atoms with Gasteiger partial charge in [0.1, 0.15) is 18.3 Å². The van der Waals surface area contributed by atoms with Gasteiger partial charge in [0.2, 0.25) is 6.29 Å². The van der Waals surface area contributed by atoms with Crippen LogP contribution in [0, 0.1) is 5.92 Å². The fourth-order valence-electron chi connectivity index (χ4n) is 5.27. The predicted molar refractivity (Wildman–Crippen MR) is 109 cm³/mol. The molecule has 7 atom stereocenters. The SMILES string of the molecule is CCCN1CCC[C@@H]2Cc3c(ccc(O)c3OC3O[C@H](C(=O)O)[C@@H](O)[C@H](O)[C@H]3O)C[C@H]21. The number of carbonyl (C=O) groups is 1. The summed E-state index contributed by atoms with van der Waals surface area (Å²) in [5.74, 6) is -1.07. The average molecular weight is 437 g/mol. The number of hydrogen-bond donors (Lipinski definition) is 5. The topological polar surface area (TPSA) is 140 Å². The minimum absolute atomic E-state index is 0.137. The largest absolute Gasteiger partial charge is 0.504 e. The average Bonchev–Trinajstić information content (AvgIpc) is 2.75. The van der Waals surface area contributed by atoms with Crippen LogP contribution in [0.4, 0.5) is 0 Å². The number of benzene rings is 1. The van der Waals surface area contributed by atoms with Gasteiger partial charge in [0.25, 0.3) is 0 Å². The van der Waals surface area contributed by atoms with E-state index in [9.17, 15) is 30.3 Å². The molecule has 2 aliphatic heterocycles. The molecule has 1 aliphatic carbocycles. The first-order valence-electron chi connectivity index (χ1n) is 11.0. The van der Waals surface area contributed by atoms with E-state index in [1.54, 1.807) is 0 Å². The number of phenolic OH excluding ortho intramolecular Hbond substituents is 1. The first kappa shape index (κ1) is 22.3. The number of phenols is 1. The third-order valence-corrected chi connectivity index (χ3v) is 6.82. The highest BCUT2D eigenvalue weighted by atomic mass is 16.7. The number of fused-ring (bicyclic) bond motifs is 2. The van der Waals surface area contributed by atoms with Gasteiger partial charge in [-0.15, -0.1) is 0 Å². The van der Waals surface area contributed by atoms with E-state index in [-0.39, 0.29) is 11.5 Å². The second-order valence-electron chi connectivity index (χ2n) is 8.82. The predicted octanol–water partition coefficient (Wildman–Crippen LogP) is 0.252. The number of carboxylic acid groups (broad SMARTS) is 1. The summed E-state index contributed by atoms with van der Waals surface area (Å²) in [7, 11) is 0. The normalized spacial score (nSPS) is 35.8. The van der Waals surface area contributed by atoms with E-state index in [0.29, 0.717) is 18.4 Å². The first-order chi connectivity index (χ1) is 14.8. The Morgan fingerprint density at radius 1 is 1.19 bits per heavy atom. The lowest BCUT2D eigenvalue weighted by Gasteiger charge is -2.45. The maximum Gasteiger partial charge on any atom is 0.335 e. The molecule has 1 aromatic carbocycles. The van der Waals surface area contributed by atoms with Crippen LogP contribution >= 0.6 is 0 Å². The number of likely N-dealkylation sites (tertiary alicyclic amines) is 1. The molecule has 3 aliphatic rings. The number of aliphatic hydroxyl groups is 3. The molecule has 9 heteroatoms. The molecule has 2 saturated heterocycles. The zero-order valence-corrected chi connectivity index (χ0v) is 17.6. The molecule has 1 aromatic rings. The number of piperidine rings is 1. The van der Waals surface area contributed by atoms with Gasteiger partial charge < -0.3 is 35.0 Å². The molecule has 0 amide bonds. The van der Waals surface area contributed by atoms with Gasteiger partial charge in [-0.1, -0.05) is 13.0 Å². The quantitative estimate of drug-likeness (QED) is 0.438. The molecule has 1 unspecified atom stereocenters. The van der Waals surface area contributed by atoms with Crippen molar-refractivity contribution < 1.29 is 39.8 Å².